The fourth-order valence-electron chi connectivity index (χ4n) is 2.84. The zero-order valence-electron chi connectivity index (χ0n) is 8.65. The number of fused-ring (bicyclic) bond motifs is 1. The van der Waals surface area contributed by atoms with Crippen LogP contribution in [0.3, 0.4) is 0 Å². The third kappa shape index (κ3) is 3.31. The van der Waals surface area contributed by atoms with Crippen molar-refractivity contribution in [2.75, 3.05) is 13.1 Å². The van der Waals surface area contributed by atoms with E-state index in [1.807, 2.05) is 0 Å². The largest absolute Gasteiger partial charge is 0.310 e. The zero-order chi connectivity index (χ0) is 10.9. The van der Waals surface area contributed by atoms with Crippen LogP contribution in [0.25, 0.3) is 0 Å². The van der Waals surface area contributed by atoms with Crippen molar-refractivity contribution in [2.24, 2.45) is 11.8 Å². The van der Waals surface area contributed by atoms with Gasteiger partial charge in [-0.05, 0) is 24.7 Å². The molecule has 0 radical (unpaired) electrons. The Labute approximate surface area is 95.5 Å². The van der Waals surface area contributed by atoms with Crippen molar-refractivity contribution < 1.29 is 8.42 Å². The summed E-state index contributed by atoms with van der Waals surface area (Å²) in [6, 6.07) is 0. The van der Waals surface area contributed by atoms with Crippen molar-refractivity contribution in [1.82, 2.24) is 9.84 Å². The van der Waals surface area contributed by atoms with Gasteiger partial charge in [0.2, 0.25) is 0 Å². The maximum Gasteiger partial charge on any atom is 0.310 e. The molecule has 0 spiro atoms. The molecular weight excluding hydrogens is 236 g/mol. The predicted octanol–water partition coefficient (Wildman–Crippen LogP) is 1.49. The van der Waals surface area contributed by atoms with Gasteiger partial charge < -0.3 is 0 Å². The number of hydrazine groups is 1. The van der Waals surface area contributed by atoms with Gasteiger partial charge in [-0.15, -0.1) is 4.83 Å². The van der Waals surface area contributed by atoms with Crippen LogP contribution in [-0.2, 0) is 9.24 Å². The molecule has 1 aliphatic carbocycles. The van der Waals surface area contributed by atoms with Crippen LogP contribution in [0.15, 0.2) is 0 Å². The summed E-state index contributed by atoms with van der Waals surface area (Å²) in [6.07, 6.45) is 6.24. The molecule has 1 N–H and O–H groups in total. The second kappa shape index (κ2) is 4.57. The fourth-order valence-corrected chi connectivity index (χ4v) is 3.60. The van der Waals surface area contributed by atoms with Gasteiger partial charge >= 0.3 is 9.24 Å². The van der Waals surface area contributed by atoms with Crippen molar-refractivity contribution in [3.8, 4) is 0 Å². The Morgan fingerprint density at radius 3 is 2.47 bits per heavy atom. The number of nitrogens with one attached hydrogen (secondary N) is 1. The Hall–Kier alpha value is 0.160. The normalized spacial score (nSPS) is 33.7. The Morgan fingerprint density at radius 1 is 1.13 bits per heavy atom. The molecule has 1 aliphatic heterocycles. The minimum absolute atomic E-state index is 0.651. The van der Waals surface area contributed by atoms with E-state index in [4.69, 9.17) is 10.7 Å². The summed E-state index contributed by atoms with van der Waals surface area (Å²) in [5.41, 5.74) is 0. The SMILES string of the molecule is O=S(=O)(Cl)NN1CC[C@@H]2CCCC[C@@H]2C1. The Morgan fingerprint density at radius 2 is 1.80 bits per heavy atom. The molecule has 2 rings (SSSR count). The van der Waals surface area contributed by atoms with E-state index in [1.54, 1.807) is 5.01 Å². The number of hydrogen-bond donors (Lipinski definition) is 1. The van der Waals surface area contributed by atoms with Gasteiger partial charge in [0, 0.05) is 23.8 Å². The lowest BCUT2D eigenvalue weighted by Gasteiger charge is -2.40. The summed E-state index contributed by atoms with van der Waals surface area (Å²) in [6.45, 7) is 1.60. The average Bonchev–Trinajstić information content (AvgIpc) is 2.15. The van der Waals surface area contributed by atoms with E-state index < -0.39 is 9.24 Å². The summed E-state index contributed by atoms with van der Waals surface area (Å²) >= 11 is 0. The molecule has 0 aromatic heterocycles. The highest BCUT2D eigenvalue weighted by atomic mass is 35.7. The first-order valence-corrected chi connectivity index (χ1v) is 7.82. The minimum Gasteiger partial charge on any atom is -0.230 e. The van der Waals surface area contributed by atoms with Crippen LogP contribution >= 0.6 is 10.7 Å². The Kier molecular flexibility index (Phi) is 3.55. The number of piperidine rings is 1. The van der Waals surface area contributed by atoms with E-state index in [1.165, 1.54) is 25.7 Å². The maximum absolute atomic E-state index is 10.9. The lowest BCUT2D eigenvalue weighted by atomic mass is 9.75. The van der Waals surface area contributed by atoms with E-state index in [9.17, 15) is 8.42 Å². The number of halogens is 1. The lowest BCUT2D eigenvalue weighted by molar-refractivity contribution is 0.0729. The van der Waals surface area contributed by atoms with Crippen molar-refractivity contribution in [1.29, 1.82) is 0 Å². The Balaban J connectivity index is 1.91. The molecule has 88 valence electrons. The van der Waals surface area contributed by atoms with Gasteiger partial charge in [-0.25, -0.2) is 5.01 Å². The highest BCUT2D eigenvalue weighted by Gasteiger charge is 2.32. The molecule has 1 saturated carbocycles. The topological polar surface area (TPSA) is 49.4 Å². The fraction of sp³-hybridized carbons (Fsp3) is 1.00. The number of nitrogens with zero attached hydrogens (tertiary/aromatic N) is 1. The second-order valence-corrected chi connectivity index (χ2v) is 6.85. The maximum atomic E-state index is 10.9. The van der Waals surface area contributed by atoms with E-state index >= 15 is 0 Å². The van der Waals surface area contributed by atoms with Gasteiger partial charge in [0.15, 0.2) is 0 Å². The van der Waals surface area contributed by atoms with Crippen LogP contribution in [-0.4, -0.2) is 26.5 Å². The molecule has 0 aromatic rings. The molecule has 0 bridgehead atoms. The summed E-state index contributed by atoms with van der Waals surface area (Å²) in [5.74, 6) is 1.45. The summed E-state index contributed by atoms with van der Waals surface area (Å²) in [7, 11) is 1.55. The molecule has 15 heavy (non-hydrogen) atoms. The standard InChI is InChI=1S/C9H17ClN2O2S/c10-15(13,14)11-12-6-5-8-3-1-2-4-9(8)7-12/h8-9,11H,1-7H2/t8-,9+/m0/s1. The predicted molar refractivity (Wildman–Crippen MR) is 59.5 cm³/mol. The molecule has 0 aromatic carbocycles. The summed E-state index contributed by atoms with van der Waals surface area (Å²) in [5, 5.41) is 1.74. The van der Waals surface area contributed by atoms with Crippen LogP contribution in [0.2, 0.25) is 0 Å². The molecule has 0 amide bonds. The van der Waals surface area contributed by atoms with Crippen LogP contribution in [0.5, 0.6) is 0 Å². The van der Waals surface area contributed by atoms with Crippen molar-refractivity contribution in [3.05, 3.63) is 0 Å². The minimum atomic E-state index is -3.61. The third-order valence-corrected chi connectivity index (χ3v) is 4.21. The highest BCUT2D eigenvalue weighted by molar-refractivity contribution is 8.12. The molecule has 1 saturated heterocycles. The average molecular weight is 253 g/mol. The van der Waals surface area contributed by atoms with E-state index in [0.717, 1.165) is 25.4 Å². The van der Waals surface area contributed by atoms with Crippen LogP contribution in [0.4, 0.5) is 0 Å². The van der Waals surface area contributed by atoms with Gasteiger partial charge in [0.25, 0.3) is 0 Å². The van der Waals surface area contributed by atoms with E-state index in [2.05, 4.69) is 4.83 Å². The van der Waals surface area contributed by atoms with Crippen molar-refractivity contribution in [3.63, 3.8) is 0 Å². The monoisotopic (exact) mass is 252 g/mol. The van der Waals surface area contributed by atoms with E-state index in [-0.39, 0.29) is 0 Å². The third-order valence-electron chi connectivity index (χ3n) is 3.53. The summed E-state index contributed by atoms with van der Waals surface area (Å²) < 4.78 is 21.7. The quantitative estimate of drug-likeness (QED) is 0.758. The molecule has 6 heteroatoms. The first-order chi connectivity index (χ1) is 7.04. The Bertz CT molecular complexity index is 320. The van der Waals surface area contributed by atoms with Gasteiger partial charge in [0.1, 0.15) is 0 Å². The first-order valence-electron chi connectivity index (χ1n) is 5.51. The molecule has 4 nitrogen and oxygen atoms in total. The number of hydrogen-bond acceptors (Lipinski definition) is 3. The van der Waals surface area contributed by atoms with Crippen LogP contribution < -0.4 is 4.83 Å². The van der Waals surface area contributed by atoms with Crippen molar-refractivity contribution in [2.45, 2.75) is 32.1 Å². The molecule has 2 aliphatic rings. The smallest absolute Gasteiger partial charge is 0.230 e. The van der Waals surface area contributed by atoms with Gasteiger partial charge in [-0.3, -0.25) is 0 Å². The van der Waals surface area contributed by atoms with Gasteiger partial charge in [-0.1, -0.05) is 19.3 Å². The van der Waals surface area contributed by atoms with Crippen molar-refractivity contribution >= 4 is 19.9 Å². The van der Waals surface area contributed by atoms with Gasteiger partial charge in [0.05, 0.1) is 0 Å². The van der Waals surface area contributed by atoms with Crippen LogP contribution in [0, 0.1) is 11.8 Å². The summed E-state index contributed by atoms with van der Waals surface area (Å²) in [4.78, 5) is 2.36. The molecule has 2 atom stereocenters. The lowest BCUT2D eigenvalue weighted by Crippen LogP contribution is -2.49. The highest BCUT2D eigenvalue weighted by Crippen LogP contribution is 2.35. The molecule has 0 unspecified atom stereocenters. The van der Waals surface area contributed by atoms with Crippen LogP contribution in [0.1, 0.15) is 32.1 Å². The number of rotatable bonds is 2. The molecule has 1 heterocycles. The second-order valence-electron chi connectivity index (χ2n) is 4.57. The zero-order valence-corrected chi connectivity index (χ0v) is 10.2. The molecule has 2 fully saturated rings. The molecular formula is C9H17ClN2O2S. The van der Waals surface area contributed by atoms with Gasteiger partial charge in [-0.2, -0.15) is 8.42 Å². The first kappa shape index (κ1) is 11.6. The van der Waals surface area contributed by atoms with E-state index in [0.29, 0.717) is 5.92 Å².